The fourth-order valence-corrected chi connectivity index (χ4v) is 2.67. The van der Waals surface area contributed by atoms with Gasteiger partial charge in [0.2, 0.25) is 0 Å². The van der Waals surface area contributed by atoms with Crippen molar-refractivity contribution in [1.29, 1.82) is 0 Å². The van der Waals surface area contributed by atoms with Gasteiger partial charge in [-0.05, 0) is 12.1 Å². The van der Waals surface area contributed by atoms with Gasteiger partial charge >= 0.3 is 12.1 Å². The minimum atomic E-state index is -1.06. The summed E-state index contributed by atoms with van der Waals surface area (Å²) in [4.78, 5) is 24.8. The molecule has 3 rings (SSSR count). The van der Waals surface area contributed by atoms with E-state index >= 15 is 0 Å². The van der Waals surface area contributed by atoms with E-state index in [1.165, 1.54) is 11.0 Å². The van der Waals surface area contributed by atoms with Gasteiger partial charge in [-0.1, -0.05) is 12.1 Å². The Morgan fingerprint density at radius 1 is 1.30 bits per heavy atom. The van der Waals surface area contributed by atoms with Crippen molar-refractivity contribution in [2.45, 2.75) is 18.4 Å². The summed E-state index contributed by atoms with van der Waals surface area (Å²) < 4.78 is 10.8. The Morgan fingerprint density at radius 2 is 2.10 bits per heavy atom. The molecule has 106 valence electrons. The summed E-state index contributed by atoms with van der Waals surface area (Å²) in [6.45, 7) is 1.46. The molecule has 1 atom stereocenters. The topological polar surface area (TPSA) is 76.1 Å². The summed E-state index contributed by atoms with van der Waals surface area (Å²) in [6, 6.07) is 6.44. The molecule has 0 aliphatic carbocycles. The predicted molar refractivity (Wildman–Crippen MR) is 70.0 cm³/mol. The van der Waals surface area contributed by atoms with Gasteiger partial charge in [0.05, 0.1) is 24.5 Å². The van der Waals surface area contributed by atoms with Gasteiger partial charge in [-0.3, -0.25) is 4.90 Å². The third-order valence-electron chi connectivity index (χ3n) is 3.81. The molecule has 1 aromatic carbocycles. The fraction of sp³-hybridized carbons (Fsp3) is 0.429. The van der Waals surface area contributed by atoms with Crippen molar-refractivity contribution in [3.8, 4) is 0 Å². The molecule has 6 nitrogen and oxygen atoms in total. The lowest BCUT2D eigenvalue weighted by molar-refractivity contribution is -0.0111. The van der Waals surface area contributed by atoms with Gasteiger partial charge in [-0.2, -0.15) is 0 Å². The highest BCUT2D eigenvalue weighted by Gasteiger charge is 2.44. The van der Waals surface area contributed by atoms with Gasteiger partial charge in [0.15, 0.2) is 0 Å². The van der Waals surface area contributed by atoms with E-state index in [0.29, 0.717) is 38.3 Å². The van der Waals surface area contributed by atoms with E-state index in [0.717, 1.165) is 0 Å². The zero-order valence-corrected chi connectivity index (χ0v) is 10.9. The Labute approximate surface area is 115 Å². The predicted octanol–water partition coefficient (Wildman–Crippen LogP) is 1.89. The molecule has 1 aromatic rings. The summed E-state index contributed by atoms with van der Waals surface area (Å²) in [5, 5.41) is 9.19. The molecular weight excluding hydrogens is 262 g/mol. The number of aromatic carboxylic acids is 1. The Kier molecular flexibility index (Phi) is 3.10. The van der Waals surface area contributed by atoms with E-state index < -0.39 is 17.7 Å². The number of carboxylic acids is 1. The third-order valence-corrected chi connectivity index (χ3v) is 3.81. The number of hydrogen-bond donors (Lipinski definition) is 1. The van der Waals surface area contributed by atoms with E-state index in [2.05, 4.69) is 0 Å². The normalized spacial score (nSPS) is 25.8. The highest BCUT2D eigenvalue weighted by Crippen LogP contribution is 2.34. The first kappa shape index (κ1) is 12.9. The molecule has 1 spiro atoms. The average molecular weight is 277 g/mol. The molecule has 2 heterocycles. The number of para-hydroxylation sites is 1. The van der Waals surface area contributed by atoms with Gasteiger partial charge in [-0.15, -0.1) is 0 Å². The number of benzene rings is 1. The third kappa shape index (κ3) is 2.12. The first-order valence-corrected chi connectivity index (χ1v) is 6.52. The van der Waals surface area contributed by atoms with Crippen molar-refractivity contribution in [2.75, 3.05) is 24.7 Å². The van der Waals surface area contributed by atoms with E-state index in [4.69, 9.17) is 9.47 Å². The zero-order chi connectivity index (χ0) is 14.2. The Bertz CT molecular complexity index is 550. The molecule has 1 N–H and O–H groups in total. The van der Waals surface area contributed by atoms with Gasteiger partial charge in [0.1, 0.15) is 5.60 Å². The van der Waals surface area contributed by atoms with Crippen LogP contribution < -0.4 is 4.90 Å². The molecule has 1 unspecified atom stereocenters. The number of carboxylic acid groups (broad SMARTS) is 1. The summed E-state index contributed by atoms with van der Waals surface area (Å²) in [7, 11) is 0. The summed E-state index contributed by atoms with van der Waals surface area (Å²) >= 11 is 0. The standard InChI is InChI=1S/C14H15NO5/c16-12(17)10-3-1-2-4-11(10)15-7-5-14(20-13(15)18)6-8-19-9-14/h1-4H,5-9H2,(H,16,17). The molecular formula is C14H15NO5. The average Bonchev–Trinajstić information content (AvgIpc) is 2.87. The molecule has 20 heavy (non-hydrogen) atoms. The second-order valence-electron chi connectivity index (χ2n) is 5.08. The highest BCUT2D eigenvalue weighted by molar-refractivity contribution is 6.00. The Balaban J connectivity index is 1.86. The van der Waals surface area contributed by atoms with Crippen LogP contribution in [-0.4, -0.2) is 42.5 Å². The summed E-state index contributed by atoms with van der Waals surface area (Å²) in [5.41, 5.74) is -0.0481. The second-order valence-corrected chi connectivity index (χ2v) is 5.08. The highest BCUT2D eigenvalue weighted by atomic mass is 16.6. The van der Waals surface area contributed by atoms with Crippen LogP contribution >= 0.6 is 0 Å². The molecule has 0 radical (unpaired) electrons. The van der Waals surface area contributed by atoms with Crippen LogP contribution in [0.4, 0.5) is 10.5 Å². The second kappa shape index (κ2) is 4.79. The molecule has 2 aliphatic heterocycles. The van der Waals surface area contributed by atoms with Gasteiger partial charge in [0, 0.05) is 19.4 Å². The SMILES string of the molecule is O=C(O)c1ccccc1N1CCC2(CCOC2)OC1=O. The first-order chi connectivity index (χ1) is 9.61. The van der Waals surface area contributed by atoms with Crippen molar-refractivity contribution < 1.29 is 24.2 Å². The first-order valence-electron chi connectivity index (χ1n) is 6.52. The lowest BCUT2D eigenvalue weighted by atomic mass is 9.96. The van der Waals surface area contributed by atoms with E-state index in [1.54, 1.807) is 18.2 Å². The number of anilines is 1. The van der Waals surface area contributed by atoms with Crippen LogP contribution in [0.15, 0.2) is 24.3 Å². The molecule has 2 fully saturated rings. The Hall–Kier alpha value is -2.08. The number of carbonyl (C=O) groups is 2. The summed E-state index contributed by atoms with van der Waals surface area (Å²) in [5.74, 6) is -1.06. The fourth-order valence-electron chi connectivity index (χ4n) is 2.67. The number of rotatable bonds is 2. The van der Waals surface area contributed by atoms with Crippen LogP contribution in [0.1, 0.15) is 23.2 Å². The van der Waals surface area contributed by atoms with Crippen molar-refractivity contribution >= 4 is 17.7 Å². The van der Waals surface area contributed by atoms with Crippen LogP contribution in [0.2, 0.25) is 0 Å². The van der Waals surface area contributed by atoms with Crippen LogP contribution in [0, 0.1) is 0 Å². The van der Waals surface area contributed by atoms with E-state index in [9.17, 15) is 14.7 Å². The number of carbonyl (C=O) groups excluding carboxylic acids is 1. The van der Waals surface area contributed by atoms with Gasteiger partial charge in [0.25, 0.3) is 0 Å². The van der Waals surface area contributed by atoms with Crippen molar-refractivity contribution in [2.24, 2.45) is 0 Å². The van der Waals surface area contributed by atoms with Gasteiger partial charge in [-0.25, -0.2) is 9.59 Å². The molecule has 0 bridgehead atoms. The van der Waals surface area contributed by atoms with Crippen LogP contribution in [0.25, 0.3) is 0 Å². The van der Waals surface area contributed by atoms with Crippen LogP contribution in [0.5, 0.6) is 0 Å². The molecule has 6 heteroatoms. The maximum absolute atomic E-state index is 12.2. The van der Waals surface area contributed by atoms with E-state index in [-0.39, 0.29) is 5.56 Å². The maximum atomic E-state index is 12.2. The minimum Gasteiger partial charge on any atom is -0.478 e. The minimum absolute atomic E-state index is 0.100. The Morgan fingerprint density at radius 3 is 2.75 bits per heavy atom. The van der Waals surface area contributed by atoms with Crippen molar-refractivity contribution in [3.63, 3.8) is 0 Å². The van der Waals surface area contributed by atoms with Crippen LogP contribution in [-0.2, 0) is 9.47 Å². The van der Waals surface area contributed by atoms with Crippen LogP contribution in [0.3, 0.4) is 0 Å². The number of ether oxygens (including phenoxy) is 2. The number of amides is 1. The molecule has 0 saturated carbocycles. The summed E-state index contributed by atoms with van der Waals surface area (Å²) in [6.07, 6.45) is 0.843. The smallest absolute Gasteiger partial charge is 0.414 e. The molecule has 0 aromatic heterocycles. The lowest BCUT2D eigenvalue weighted by Gasteiger charge is -2.38. The molecule has 1 amide bonds. The van der Waals surface area contributed by atoms with Gasteiger partial charge < -0.3 is 14.6 Å². The molecule has 2 aliphatic rings. The monoisotopic (exact) mass is 277 g/mol. The number of hydrogen-bond acceptors (Lipinski definition) is 4. The largest absolute Gasteiger partial charge is 0.478 e. The van der Waals surface area contributed by atoms with Crippen molar-refractivity contribution in [1.82, 2.24) is 0 Å². The lowest BCUT2D eigenvalue weighted by Crippen LogP contribution is -2.50. The molecule has 2 saturated heterocycles. The zero-order valence-electron chi connectivity index (χ0n) is 10.9. The quantitative estimate of drug-likeness (QED) is 0.893. The van der Waals surface area contributed by atoms with Crippen molar-refractivity contribution in [3.05, 3.63) is 29.8 Å². The maximum Gasteiger partial charge on any atom is 0.414 e. The van der Waals surface area contributed by atoms with E-state index in [1.807, 2.05) is 0 Å². The number of nitrogens with zero attached hydrogens (tertiary/aromatic N) is 1.